The summed E-state index contributed by atoms with van der Waals surface area (Å²) in [6, 6.07) is 8.35. The Labute approximate surface area is 214 Å². The minimum absolute atomic E-state index is 0.0309. The van der Waals surface area contributed by atoms with Crippen molar-refractivity contribution in [1.82, 2.24) is 9.80 Å². The van der Waals surface area contributed by atoms with Crippen LogP contribution >= 0.6 is 11.6 Å². The summed E-state index contributed by atoms with van der Waals surface area (Å²) in [7, 11) is 1.50. The first-order chi connectivity index (χ1) is 17.3. The van der Waals surface area contributed by atoms with E-state index in [2.05, 4.69) is 4.90 Å². The second-order valence-corrected chi connectivity index (χ2v) is 8.89. The van der Waals surface area contributed by atoms with Gasteiger partial charge in [0.15, 0.2) is 11.5 Å². The van der Waals surface area contributed by atoms with Crippen LogP contribution in [0.4, 0.5) is 0 Å². The van der Waals surface area contributed by atoms with Crippen molar-refractivity contribution < 1.29 is 34.0 Å². The molecule has 2 saturated heterocycles. The number of phenolic OH excluding ortho intramolecular Hbond substituents is 1. The van der Waals surface area contributed by atoms with Crippen LogP contribution in [0.3, 0.4) is 0 Å². The molecule has 36 heavy (non-hydrogen) atoms. The number of halogens is 1. The van der Waals surface area contributed by atoms with E-state index in [1.807, 2.05) is 6.92 Å². The molecule has 0 spiro atoms. The van der Waals surface area contributed by atoms with E-state index >= 15 is 0 Å². The predicted octanol–water partition coefficient (Wildman–Crippen LogP) is 3.21. The van der Waals surface area contributed by atoms with Gasteiger partial charge in [-0.3, -0.25) is 14.5 Å². The third kappa shape index (κ3) is 5.13. The van der Waals surface area contributed by atoms with E-state index in [1.165, 1.54) is 30.2 Å². The molecule has 0 aromatic heterocycles. The number of amides is 1. The number of rotatable bonds is 8. The maximum Gasteiger partial charge on any atom is 0.295 e. The molecule has 0 saturated carbocycles. The number of aliphatic hydroxyl groups is 1. The zero-order valence-electron chi connectivity index (χ0n) is 20.2. The molecule has 2 aromatic rings. The first kappa shape index (κ1) is 25.8. The van der Waals surface area contributed by atoms with E-state index in [-0.39, 0.29) is 28.5 Å². The van der Waals surface area contributed by atoms with Crippen LogP contribution in [0.15, 0.2) is 42.0 Å². The van der Waals surface area contributed by atoms with Gasteiger partial charge < -0.3 is 29.3 Å². The van der Waals surface area contributed by atoms with E-state index in [0.717, 1.165) is 13.1 Å². The number of hydrogen-bond donors (Lipinski definition) is 2. The van der Waals surface area contributed by atoms with Crippen molar-refractivity contribution in [2.75, 3.05) is 53.1 Å². The first-order valence-electron chi connectivity index (χ1n) is 11.7. The molecule has 0 unspecified atom stereocenters. The summed E-state index contributed by atoms with van der Waals surface area (Å²) >= 11 is 6.08. The van der Waals surface area contributed by atoms with Gasteiger partial charge in [-0.1, -0.05) is 17.7 Å². The largest absolute Gasteiger partial charge is 0.507 e. The highest BCUT2D eigenvalue weighted by Crippen LogP contribution is 2.43. The van der Waals surface area contributed by atoms with Crippen LogP contribution in [0.2, 0.25) is 5.02 Å². The number of methoxy groups -OCH3 is 1. The first-order valence-corrected chi connectivity index (χ1v) is 12.1. The van der Waals surface area contributed by atoms with Gasteiger partial charge in [0, 0.05) is 31.2 Å². The Hall–Kier alpha value is -3.27. The van der Waals surface area contributed by atoms with E-state index in [0.29, 0.717) is 43.4 Å². The van der Waals surface area contributed by atoms with Crippen LogP contribution in [0, 0.1) is 0 Å². The van der Waals surface area contributed by atoms with Gasteiger partial charge in [-0.15, -0.1) is 0 Å². The third-order valence-electron chi connectivity index (χ3n) is 6.32. The Bertz CT molecular complexity index is 1180. The van der Waals surface area contributed by atoms with Crippen LogP contribution in [0.1, 0.15) is 24.1 Å². The summed E-state index contributed by atoms with van der Waals surface area (Å²) in [5.41, 5.74) is 0.391. The molecular weight excluding hydrogens is 488 g/mol. The number of likely N-dealkylation sites (tertiary alicyclic amines) is 1. The highest BCUT2D eigenvalue weighted by atomic mass is 35.5. The summed E-state index contributed by atoms with van der Waals surface area (Å²) in [5.74, 6) is -1.39. The van der Waals surface area contributed by atoms with Gasteiger partial charge in [0.2, 0.25) is 0 Å². The number of hydrogen-bond acceptors (Lipinski definition) is 8. The van der Waals surface area contributed by atoms with E-state index in [1.54, 1.807) is 18.2 Å². The topological polar surface area (TPSA) is 109 Å². The van der Waals surface area contributed by atoms with Crippen molar-refractivity contribution in [2.24, 2.45) is 0 Å². The molecule has 2 fully saturated rings. The number of ketones is 1. The number of benzene rings is 2. The zero-order chi connectivity index (χ0) is 25.8. The fourth-order valence-electron chi connectivity index (χ4n) is 4.50. The van der Waals surface area contributed by atoms with Crippen molar-refractivity contribution in [3.63, 3.8) is 0 Å². The number of Topliss-reactive ketones (excluding diaryl/α,β-unsaturated/α-hetero) is 1. The molecule has 0 radical (unpaired) electrons. The number of morpholine rings is 1. The minimum Gasteiger partial charge on any atom is -0.507 e. The monoisotopic (exact) mass is 516 g/mol. The number of nitrogens with zero attached hydrogens (tertiary/aromatic N) is 2. The molecule has 2 aliphatic rings. The maximum absolute atomic E-state index is 13.3. The smallest absolute Gasteiger partial charge is 0.295 e. The zero-order valence-corrected chi connectivity index (χ0v) is 21.0. The lowest BCUT2D eigenvalue weighted by Crippen LogP contribution is -2.42. The SMILES string of the molecule is CCOc1ccc([C@H]2C(=C(O)c3cc(Cl)ccc3O)C(=O)C(=O)N2CCN2CCOCC2)cc1OC. The Morgan fingerprint density at radius 2 is 1.86 bits per heavy atom. The van der Waals surface area contributed by atoms with Crippen molar-refractivity contribution >= 4 is 29.1 Å². The van der Waals surface area contributed by atoms with Gasteiger partial charge in [0.1, 0.15) is 11.5 Å². The Balaban J connectivity index is 1.81. The lowest BCUT2D eigenvalue weighted by Gasteiger charge is -2.31. The van der Waals surface area contributed by atoms with E-state index in [9.17, 15) is 19.8 Å². The highest BCUT2D eigenvalue weighted by Gasteiger charge is 2.46. The Morgan fingerprint density at radius 1 is 1.11 bits per heavy atom. The number of carbonyl (C=O) groups excluding carboxylic acids is 2. The van der Waals surface area contributed by atoms with Crippen molar-refractivity contribution in [1.29, 1.82) is 0 Å². The normalized spacial score (nSPS) is 20.1. The van der Waals surface area contributed by atoms with Crippen LogP contribution in [0.25, 0.3) is 5.76 Å². The molecule has 2 heterocycles. The molecule has 1 amide bonds. The van der Waals surface area contributed by atoms with Crippen LogP contribution in [-0.4, -0.2) is 84.8 Å². The van der Waals surface area contributed by atoms with E-state index in [4.69, 9.17) is 25.8 Å². The second-order valence-electron chi connectivity index (χ2n) is 8.45. The predicted molar refractivity (Wildman–Crippen MR) is 134 cm³/mol. The summed E-state index contributed by atoms with van der Waals surface area (Å²) in [6.45, 7) is 5.72. The van der Waals surface area contributed by atoms with Crippen LogP contribution in [-0.2, 0) is 14.3 Å². The number of phenols is 1. The summed E-state index contributed by atoms with van der Waals surface area (Å²) in [4.78, 5) is 30.1. The Morgan fingerprint density at radius 3 is 2.56 bits per heavy atom. The molecule has 2 N–H and O–H groups in total. The molecular formula is C26H29ClN2O7. The molecule has 4 rings (SSSR count). The number of aromatic hydroxyl groups is 1. The van der Waals surface area contributed by atoms with Gasteiger partial charge in [-0.05, 0) is 42.8 Å². The number of aliphatic hydroxyl groups excluding tert-OH is 1. The summed E-state index contributed by atoms with van der Waals surface area (Å²) < 4.78 is 16.5. The number of carbonyl (C=O) groups is 2. The van der Waals surface area contributed by atoms with Crippen molar-refractivity contribution in [2.45, 2.75) is 13.0 Å². The van der Waals surface area contributed by atoms with Gasteiger partial charge in [0.05, 0.1) is 44.1 Å². The minimum atomic E-state index is -0.908. The maximum atomic E-state index is 13.3. The average molecular weight is 517 g/mol. The van der Waals surface area contributed by atoms with Crippen LogP contribution < -0.4 is 9.47 Å². The standard InChI is InChI=1S/C26H29ClN2O7/c1-3-36-20-7-4-16(14-21(20)34-2)23-22(24(31)18-15-17(27)5-6-19(18)30)25(32)26(33)29(23)9-8-28-10-12-35-13-11-28/h4-7,14-15,23,30-31H,3,8-13H2,1-2H3/t23-/m0/s1. The molecule has 1 atom stereocenters. The van der Waals surface area contributed by atoms with E-state index < -0.39 is 23.5 Å². The van der Waals surface area contributed by atoms with Gasteiger partial charge in [0.25, 0.3) is 11.7 Å². The van der Waals surface area contributed by atoms with Crippen molar-refractivity contribution in [3.05, 3.63) is 58.1 Å². The highest BCUT2D eigenvalue weighted by molar-refractivity contribution is 6.46. The second kappa shape index (κ2) is 11.2. The Kier molecular flexibility index (Phi) is 8.03. The van der Waals surface area contributed by atoms with Crippen molar-refractivity contribution in [3.8, 4) is 17.2 Å². The third-order valence-corrected chi connectivity index (χ3v) is 6.55. The molecule has 2 aliphatic heterocycles. The van der Waals surface area contributed by atoms with Gasteiger partial charge in [-0.25, -0.2) is 0 Å². The molecule has 192 valence electrons. The quantitative estimate of drug-likeness (QED) is 0.313. The van der Waals surface area contributed by atoms with Gasteiger partial charge in [-0.2, -0.15) is 0 Å². The van der Waals surface area contributed by atoms with Crippen LogP contribution in [0.5, 0.6) is 17.2 Å². The fourth-order valence-corrected chi connectivity index (χ4v) is 4.68. The average Bonchev–Trinajstić information content (AvgIpc) is 3.14. The van der Waals surface area contributed by atoms with Gasteiger partial charge >= 0.3 is 0 Å². The molecule has 10 heteroatoms. The summed E-state index contributed by atoms with van der Waals surface area (Å²) in [5, 5.41) is 21.9. The molecule has 0 aliphatic carbocycles. The molecule has 0 bridgehead atoms. The fraction of sp³-hybridized carbons (Fsp3) is 0.385. The molecule has 9 nitrogen and oxygen atoms in total. The lowest BCUT2D eigenvalue weighted by atomic mass is 9.94. The summed E-state index contributed by atoms with van der Waals surface area (Å²) in [6.07, 6.45) is 0. The number of ether oxygens (including phenoxy) is 3. The molecule has 2 aromatic carbocycles. The lowest BCUT2D eigenvalue weighted by molar-refractivity contribution is -0.140.